The lowest BCUT2D eigenvalue weighted by molar-refractivity contribution is 0.210. The van der Waals surface area contributed by atoms with Crippen LogP contribution in [0, 0.1) is 0 Å². The number of likely N-dealkylation sites (tertiary alicyclic amines) is 1. The van der Waals surface area contributed by atoms with Gasteiger partial charge in [0.2, 0.25) is 0 Å². The van der Waals surface area contributed by atoms with Gasteiger partial charge < -0.3 is 14.6 Å². The number of para-hydroxylation sites is 1. The molecule has 1 aromatic heterocycles. The second-order valence-electron chi connectivity index (χ2n) is 7.52. The van der Waals surface area contributed by atoms with Crippen LogP contribution in [0.15, 0.2) is 53.3 Å². The summed E-state index contributed by atoms with van der Waals surface area (Å²) in [5.74, 6) is 2.35. The number of piperidine rings is 1. The molecule has 0 unspecified atom stereocenters. The first-order valence-corrected chi connectivity index (χ1v) is 10.1. The number of ether oxygens (including phenoxy) is 1. The van der Waals surface area contributed by atoms with Crippen LogP contribution < -0.4 is 10.3 Å². The quantitative estimate of drug-likeness (QED) is 0.711. The van der Waals surface area contributed by atoms with E-state index >= 15 is 0 Å². The van der Waals surface area contributed by atoms with Gasteiger partial charge in [-0.1, -0.05) is 24.3 Å². The van der Waals surface area contributed by atoms with E-state index in [4.69, 9.17) is 4.74 Å². The van der Waals surface area contributed by atoms with E-state index in [1.165, 1.54) is 18.4 Å². The lowest BCUT2D eigenvalue weighted by Gasteiger charge is -2.32. The van der Waals surface area contributed by atoms with Crippen molar-refractivity contribution in [3.63, 3.8) is 0 Å². The van der Waals surface area contributed by atoms with Crippen molar-refractivity contribution in [1.29, 1.82) is 0 Å². The van der Waals surface area contributed by atoms with Crippen LogP contribution in [0.1, 0.15) is 36.6 Å². The van der Waals surface area contributed by atoms with Crippen molar-refractivity contribution < 1.29 is 4.74 Å². The van der Waals surface area contributed by atoms with Gasteiger partial charge in [-0.25, -0.2) is 4.98 Å². The van der Waals surface area contributed by atoms with Crippen molar-refractivity contribution in [2.75, 3.05) is 26.7 Å². The van der Waals surface area contributed by atoms with Crippen LogP contribution >= 0.6 is 0 Å². The summed E-state index contributed by atoms with van der Waals surface area (Å²) < 4.78 is 5.25. The predicted octanol–water partition coefficient (Wildman–Crippen LogP) is 3.74. The Labute approximate surface area is 165 Å². The number of methoxy groups -OCH3 is 1. The highest BCUT2D eigenvalue weighted by atomic mass is 16.5. The summed E-state index contributed by atoms with van der Waals surface area (Å²) in [5, 5.41) is 0.659. The smallest absolute Gasteiger partial charge is 0.258 e. The zero-order valence-electron chi connectivity index (χ0n) is 16.4. The maximum Gasteiger partial charge on any atom is 0.258 e. The molecule has 1 aliphatic heterocycles. The lowest BCUT2D eigenvalue weighted by Crippen LogP contribution is -2.34. The molecule has 2 aromatic carbocycles. The minimum Gasteiger partial charge on any atom is -0.497 e. The molecule has 5 nitrogen and oxygen atoms in total. The molecule has 5 heteroatoms. The van der Waals surface area contributed by atoms with E-state index in [9.17, 15) is 4.79 Å². The fourth-order valence-corrected chi connectivity index (χ4v) is 4.09. The Balaban J connectivity index is 1.27. The highest BCUT2D eigenvalue weighted by Crippen LogP contribution is 2.29. The van der Waals surface area contributed by atoms with Crippen LogP contribution in [-0.2, 0) is 6.42 Å². The third kappa shape index (κ3) is 4.25. The molecule has 2 heterocycles. The van der Waals surface area contributed by atoms with Gasteiger partial charge in [-0.15, -0.1) is 0 Å². The van der Waals surface area contributed by atoms with Crippen molar-refractivity contribution in [2.45, 2.75) is 31.6 Å². The van der Waals surface area contributed by atoms with E-state index in [1.807, 2.05) is 24.3 Å². The number of fused-ring (bicyclic) bond motifs is 1. The first-order chi connectivity index (χ1) is 13.7. The largest absolute Gasteiger partial charge is 0.497 e. The Morgan fingerprint density at radius 2 is 1.86 bits per heavy atom. The molecule has 4 rings (SSSR count). The van der Waals surface area contributed by atoms with E-state index in [1.54, 1.807) is 7.11 Å². The second-order valence-corrected chi connectivity index (χ2v) is 7.52. The fraction of sp³-hybridized carbons (Fsp3) is 0.391. The van der Waals surface area contributed by atoms with Gasteiger partial charge in [0.1, 0.15) is 11.6 Å². The SMILES string of the molecule is COc1ccc(C2CCN(CCCc3nc4ccccc4c(=O)[nH]3)CC2)cc1. The number of hydrogen-bond acceptors (Lipinski definition) is 4. The Bertz CT molecular complexity index is 973. The minimum absolute atomic E-state index is 0.0408. The van der Waals surface area contributed by atoms with E-state index < -0.39 is 0 Å². The number of H-pyrrole nitrogens is 1. The minimum atomic E-state index is -0.0408. The molecule has 0 aliphatic carbocycles. The van der Waals surface area contributed by atoms with Crippen molar-refractivity contribution >= 4 is 10.9 Å². The highest BCUT2D eigenvalue weighted by molar-refractivity contribution is 5.77. The lowest BCUT2D eigenvalue weighted by atomic mass is 9.89. The summed E-state index contributed by atoms with van der Waals surface area (Å²) in [5.41, 5.74) is 2.15. The monoisotopic (exact) mass is 377 g/mol. The van der Waals surface area contributed by atoms with Gasteiger partial charge in [-0.3, -0.25) is 4.79 Å². The molecule has 0 radical (unpaired) electrons. The average molecular weight is 377 g/mol. The number of nitrogens with zero attached hydrogens (tertiary/aromatic N) is 2. The number of nitrogens with one attached hydrogen (secondary N) is 1. The summed E-state index contributed by atoms with van der Waals surface area (Å²) in [6.07, 6.45) is 4.20. The molecular formula is C23H27N3O2. The Kier molecular flexibility index (Phi) is 5.72. The maximum absolute atomic E-state index is 12.2. The summed E-state index contributed by atoms with van der Waals surface area (Å²) in [7, 11) is 1.70. The Morgan fingerprint density at radius 1 is 1.11 bits per heavy atom. The molecule has 1 aliphatic rings. The van der Waals surface area contributed by atoms with Gasteiger partial charge in [-0.05, 0) is 74.6 Å². The molecule has 0 saturated carbocycles. The predicted molar refractivity (Wildman–Crippen MR) is 112 cm³/mol. The zero-order valence-corrected chi connectivity index (χ0v) is 16.4. The second kappa shape index (κ2) is 8.57. The highest BCUT2D eigenvalue weighted by Gasteiger charge is 2.20. The van der Waals surface area contributed by atoms with Gasteiger partial charge in [0, 0.05) is 6.42 Å². The van der Waals surface area contributed by atoms with Crippen molar-refractivity contribution in [2.24, 2.45) is 0 Å². The number of hydrogen-bond donors (Lipinski definition) is 1. The number of aromatic amines is 1. The molecule has 1 saturated heterocycles. The topological polar surface area (TPSA) is 58.2 Å². The van der Waals surface area contributed by atoms with E-state index in [-0.39, 0.29) is 5.56 Å². The van der Waals surface area contributed by atoms with Gasteiger partial charge in [0.25, 0.3) is 5.56 Å². The van der Waals surface area contributed by atoms with Crippen LogP contribution in [0.5, 0.6) is 5.75 Å². The van der Waals surface area contributed by atoms with Crippen molar-refractivity contribution in [3.8, 4) is 5.75 Å². The molecule has 0 amide bonds. The first kappa shape index (κ1) is 18.7. The van der Waals surface area contributed by atoms with Gasteiger partial charge >= 0.3 is 0 Å². The van der Waals surface area contributed by atoms with Crippen LogP contribution in [0.3, 0.4) is 0 Å². The molecular weight excluding hydrogens is 350 g/mol. The van der Waals surface area contributed by atoms with Crippen molar-refractivity contribution in [1.82, 2.24) is 14.9 Å². The molecule has 0 atom stereocenters. The molecule has 1 fully saturated rings. The Morgan fingerprint density at radius 3 is 2.61 bits per heavy atom. The summed E-state index contributed by atoms with van der Waals surface area (Å²) >= 11 is 0. The molecule has 1 N–H and O–H groups in total. The number of aromatic nitrogens is 2. The number of rotatable bonds is 6. The molecule has 146 valence electrons. The van der Waals surface area contributed by atoms with Crippen LogP contribution in [0.4, 0.5) is 0 Å². The molecule has 0 bridgehead atoms. The molecule has 0 spiro atoms. The number of benzene rings is 2. The maximum atomic E-state index is 12.2. The Hall–Kier alpha value is -2.66. The van der Waals surface area contributed by atoms with E-state index in [0.29, 0.717) is 11.3 Å². The van der Waals surface area contributed by atoms with Crippen LogP contribution in [0.25, 0.3) is 10.9 Å². The first-order valence-electron chi connectivity index (χ1n) is 10.1. The molecule has 28 heavy (non-hydrogen) atoms. The fourth-order valence-electron chi connectivity index (χ4n) is 4.09. The third-order valence-electron chi connectivity index (χ3n) is 5.72. The molecule has 3 aromatic rings. The van der Waals surface area contributed by atoms with E-state index in [2.05, 4.69) is 39.1 Å². The average Bonchev–Trinajstić information content (AvgIpc) is 2.74. The van der Waals surface area contributed by atoms with E-state index in [0.717, 1.165) is 49.6 Å². The normalized spacial score (nSPS) is 15.8. The van der Waals surface area contributed by atoms with Gasteiger partial charge in [0.15, 0.2) is 0 Å². The summed E-state index contributed by atoms with van der Waals surface area (Å²) in [4.78, 5) is 22.2. The zero-order chi connectivity index (χ0) is 19.3. The third-order valence-corrected chi connectivity index (χ3v) is 5.72. The van der Waals surface area contributed by atoms with Gasteiger partial charge in [-0.2, -0.15) is 0 Å². The van der Waals surface area contributed by atoms with Crippen LogP contribution in [0.2, 0.25) is 0 Å². The van der Waals surface area contributed by atoms with Gasteiger partial charge in [0.05, 0.1) is 18.0 Å². The summed E-state index contributed by atoms with van der Waals surface area (Å²) in [6.45, 7) is 3.29. The van der Waals surface area contributed by atoms with Crippen molar-refractivity contribution in [3.05, 3.63) is 70.3 Å². The van der Waals surface area contributed by atoms with Crippen LogP contribution in [-0.4, -0.2) is 41.6 Å². The summed E-state index contributed by atoms with van der Waals surface area (Å²) in [6, 6.07) is 16.0. The standard InChI is InChI=1S/C23H27N3O2/c1-28-19-10-8-17(9-11-19)18-12-15-26(16-13-18)14-4-7-22-24-21-6-3-2-5-20(21)23(27)25-22/h2-3,5-6,8-11,18H,4,7,12-16H2,1H3,(H,24,25,27). The number of aryl methyl sites for hydroxylation is 1.